The van der Waals surface area contributed by atoms with Gasteiger partial charge in [0.2, 0.25) is 0 Å². The molecule has 0 aromatic heterocycles. The van der Waals surface area contributed by atoms with Crippen molar-refractivity contribution < 1.29 is 9.53 Å². The fourth-order valence-corrected chi connectivity index (χ4v) is 4.11. The van der Waals surface area contributed by atoms with Gasteiger partial charge in [-0.05, 0) is 44.5 Å². The molecule has 0 saturated carbocycles. The van der Waals surface area contributed by atoms with Crippen LogP contribution in [0, 0.1) is 0 Å². The fourth-order valence-electron chi connectivity index (χ4n) is 4.11. The number of nitrogens with one attached hydrogen (secondary N) is 1. The zero-order valence-electron chi connectivity index (χ0n) is 17.1. The van der Waals surface area contributed by atoms with E-state index in [-0.39, 0.29) is 11.9 Å². The van der Waals surface area contributed by atoms with Gasteiger partial charge in [-0.1, -0.05) is 60.7 Å². The number of hydrogen-bond donors (Lipinski definition) is 1. The van der Waals surface area contributed by atoms with Crippen molar-refractivity contribution in [1.29, 1.82) is 0 Å². The highest BCUT2D eigenvalue weighted by Gasteiger charge is 2.45. The largest absolute Gasteiger partial charge is 0.488 e. The molecule has 148 valence electrons. The number of benzene rings is 3. The molecule has 0 fully saturated rings. The molecule has 1 aliphatic rings. The molecule has 0 spiro atoms. The van der Waals surface area contributed by atoms with Gasteiger partial charge in [-0.2, -0.15) is 0 Å². The monoisotopic (exact) mass is 386 g/mol. The van der Waals surface area contributed by atoms with Crippen molar-refractivity contribution in [1.82, 2.24) is 4.90 Å². The minimum Gasteiger partial charge on any atom is -0.488 e. The molecular formula is C25H26N2O2. The second-order valence-corrected chi connectivity index (χ2v) is 7.78. The van der Waals surface area contributed by atoms with Gasteiger partial charge in [0.15, 0.2) is 0 Å². The Labute approximate surface area is 172 Å². The average molecular weight is 386 g/mol. The third-order valence-electron chi connectivity index (χ3n) is 5.40. The molecule has 3 aromatic carbocycles. The molecule has 1 atom stereocenters. The molecular weight excluding hydrogens is 360 g/mol. The lowest BCUT2D eigenvalue weighted by Crippen LogP contribution is -2.58. The molecule has 4 rings (SSSR count). The second-order valence-electron chi connectivity index (χ2n) is 7.78. The van der Waals surface area contributed by atoms with Crippen LogP contribution < -0.4 is 10.1 Å². The molecule has 4 heteroatoms. The molecule has 1 heterocycles. The van der Waals surface area contributed by atoms with Crippen molar-refractivity contribution in [3.05, 3.63) is 95.6 Å². The number of rotatable bonds is 5. The third kappa shape index (κ3) is 3.46. The smallest absolute Gasteiger partial charge is 0.258 e. The Balaban J connectivity index is 1.75. The van der Waals surface area contributed by atoms with E-state index in [4.69, 9.17) is 4.74 Å². The first-order chi connectivity index (χ1) is 14.0. The molecule has 0 radical (unpaired) electrons. The maximum atomic E-state index is 13.4. The Morgan fingerprint density at radius 3 is 2.34 bits per heavy atom. The number of fused-ring (bicyclic) bond motifs is 1. The molecule has 0 aliphatic carbocycles. The summed E-state index contributed by atoms with van der Waals surface area (Å²) in [6.45, 7) is 6.60. The summed E-state index contributed by atoms with van der Waals surface area (Å²) < 4.78 is 6.21. The number of para-hydroxylation sites is 2. The minimum atomic E-state index is -0.729. The maximum Gasteiger partial charge on any atom is 0.258 e. The van der Waals surface area contributed by atoms with Crippen LogP contribution in [-0.2, 0) is 12.3 Å². The predicted octanol–water partition coefficient (Wildman–Crippen LogP) is 5.41. The van der Waals surface area contributed by atoms with Gasteiger partial charge < -0.3 is 15.0 Å². The quantitative estimate of drug-likeness (QED) is 0.637. The molecule has 29 heavy (non-hydrogen) atoms. The van der Waals surface area contributed by atoms with Gasteiger partial charge in [-0.15, -0.1) is 0 Å². The summed E-state index contributed by atoms with van der Waals surface area (Å²) in [5, 5.41) is 3.62. The number of carbonyl (C=O) groups excluding carboxylic acids is 1. The van der Waals surface area contributed by atoms with Crippen molar-refractivity contribution in [3.63, 3.8) is 0 Å². The van der Waals surface area contributed by atoms with Crippen molar-refractivity contribution in [3.8, 4) is 5.75 Å². The topological polar surface area (TPSA) is 41.6 Å². The van der Waals surface area contributed by atoms with E-state index >= 15 is 0 Å². The van der Waals surface area contributed by atoms with Crippen LogP contribution in [0.25, 0.3) is 0 Å². The lowest BCUT2D eigenvalue weighted by atomic mass is 9.91. The van der Waals surface area contributed by atoms with Crippen LogP contribution in [0.3, 0.4) is 0 Å². The number of amides is 1. The predicted molar refractivity (Wildman–Crippen MR) is 116 cm³/mol. The first-order valence-corrected chi connectivity index (χ1v) is 9.98. The summed E-state index contributed by atoms with van der Waals surface area (Å²) >= 11 is 0. The molecule has 0 bridgehead atoms. The standard InChI is InChI=1S/C25H26N2O2/c1-18(2)27-24(28)20-13-7-9-15-22(20)26-25(27,3)21-14-8-10-16-23(21)29-17-19-11-5-4-6-12-19/h4-16,18,26H,17H2,1-3H3. The van der Waals surface area contributed by atoms with Crippen LogP contribution in [0.2, 0.25) is 0 Å². The number of ether oxygens (including phenoxy) is 1. The molecule has 1 amide bonds. The lowest BCUT2D eigenvalue weighted by Gasteiger charge is -2.49. The first-order valence-electron chi connectivity index (χ1n) is 9.98. The van der Waals surface area contributed by atoms with Crippen LogP contribution >= 0.6 is 0 Å². The molecule has 4 nitrogen and oxygen atoms in total. The van der Waals surface area contributed by atoms with E-state index in [1.165, 1.54) is 0 Å². The van der Waals surface area contributed by atoms with Crippen LogP contribution in [0.5, 0.6) is 5.75 Å². The minimum absolute atomic E-state index is 0.00976. The van der Waals surface area contributed by atoms with Crippen LogP contribution in [0.1, 0.15) is 42.3 Å². The normalized spacial score (nSPS) is 18.3. The van der Waals surface area contributed by atoms with Gasteiger partial charge in [-0.3, -0.25) is 4.79 Å². The van der Waals surface area contributed by atoms with Crippen molar-refractivity contribution in [2.24, 2.45) is 0 Å². The average Bonchev–Trinajstić information content (AvgIpc) is 2.73. The van der Waals surface area contributed by atoms with E-state index in [1.807, 2.05) is 105 Å². The molecule has 1 N–H and O–H groups in total. The Bertz CT molecular complexity index is 1020. The highest BCUT2D eigenvalue weighted by molar-refractivity contribution is 6.02. The Kier molecular flexibility index (Phi) is 5.01. The summed E-state index contributed by atoms with van der Waals surface area (Å²) in [4.78, 5) is 15.3. The van der Waals surface area contributed by atoms with E-state index < -0.39 is 5.66 Å². The lowest BCUT2D eigenvalue weighted by molar-refractivity contribution is 0.0426. The number of anilines is 1. The van der Waals surface area contributed by atoms with Gasteiger partial charge >= 0.3 is 0 Å². The fraction of sp³-hybridized carbons (Fsp3) is 0.240. The van der Waals surface area contributed by atoms with Crippen LogP contribution in [0.4, 0.5) is 5.69 Å². The summed E-state index contributed by atoms with van der Waals surface area (Å²) in [5.74, 6) is 0.791. The van der Waals surface area contributed by atoms with Gasteiger partial charge in [-0.25, -0.2) is 0 Å². The second kappa shape index (κ2) is 7.63. The summed E-state index contributed by atoms with van der Waals surface area (Å²) in [5.41, 5.74) is 2.85. The number of hydrogen-bond acceptors (Lipinski definition) is 3. The first kappa shape index (κ1) is 19.1. The van der Waals surface area contributed by atoms with Crippen molar-refractivity contribution in [2.45, 2.75) is 39.1 Å². The van der Waals surface area contributed by atoms with E-state index in [2.05, 4.69) is 5.32 Å². The molecule has 0 saturated heterocycles. The van der Waals surface area contributed by atoms with Gasteiger partial charge in [0.1, 0.15) is 18.0 Å². The van der Waals surface area contributed by atoms with Crippen molar-refractivity contribution in [2.75, 3.05) is 5.32 Å². The Morgan fingerprint density at radius 1 is 0.931 bits per heavy atom. The SMILES string of the molecule is CC(C)N1C(=O)c2ccccc2NC1(C)c1ccccc1OCc1ccccc1. The molecule has 1 aliphatic heterocycles. The zero-order valence-corrected chi connectivity index (χ0v) is 17.1. The van der Waals surface area contributed by atoms with E-state index in [0.717, 1.165) is 22.6 Å². The summed E-state index contributed by atoms with van der Waals surface area (Å²) in [6, 6.07) is 25.7. The highest BCUT2D eigenvalue weighted by atomic mass is 16.5. The van der Waals surface area contributed by atoms with Crippen LogP contribution in [0.15, 0.2) is 78.9 Å². The third-order valence-corrected chi connectivity index (χ3v) is 5.40. The van der Waals surface area contributed by atoms with Crippen LogP contribution in [-0.4, -0.2) is 16.8 Å². The van der Waals surface area contributed by atoms with Gasteiger partial charge in [0, 0.05) is 17.3 Å². The van der Waals surface area contributed by atoms with Crippen molar-refractivity contribution >= 4 is 11.6 Å². The van der Waals surface area contributed by atoms with E-state index in [0.29, 0.717) is 12.2 Å². The van der Waals surface area contributed by atoms with Gasteiger partial charge in [0.05, 0.1) is 5.56 Å². The maximum absolute atomic E-state index is 13.4. The summed E-state index contributed by atoms with van der Waals surface area (Å²) in [7, 11) is 0. The van der Waals surface area contributed by atoms with E-state index in [1.54, 1.807) is 0 Å². The molecule has 3 aromatic rings. The number of nitrogens with zero attached hydrogens (tertiary/aromatic N) is 1. The van der Waals surface area contributed by atoms with E-state index in [9.17, 15) is 4.79 Å². The summed E-state index contributed by atoms with van der Waals surface area (Å²) in [6.07, 6.45) is 0. The number of carbonyl (C=O) groups is 1. The van der Waals surface area contributed by atoms with Gasteiger partial charge in [0.25, 0.3) is 5.91 Å². The highest BCUT2D eigenvalue weighted by Crippen LogP contribution is 2.42. The zero-order chi connectivity index (χ0) is 20.4. The Morgan fingerprint density at radius 2 is 1.59 bits per heavy atom. The molecule has 1 unspecified atom stereocenters. The Hall–Kier alpha value is -3.27.